The summed E-state index contributed by atoms with van der Waals surface area (Å²) in [4.78, 5) is 0. The average molecular weight is 492 g/mol. The van der Waals surface area contributed by atoms with Crippen LogP contribution in [0.2, 0.25) is 16.6 Å². The molecule has 144 valence electrons. The zero-order chi connectivity index (χ0) is 19.2. The first-order valence-corrected chi connectivity index (χ1v) is 13.8. The van der Waals surface area contributed by atoms with Crippen LogP contribution in [0.4, 0.5) is 0 Å². The second-order valence-electron chi connectivity index (χ2n) is 7.97. The van der Waals surface area contributed by atoms with Gasteiger partial charge in [0.2, 0.25) is 0 Å². The van der Waals surface area contributed by atoms with Crippen LogP contribution < -0.4 is 0 Å². The van der Waals surface area contributed by atoms with Gasteiger partial charge < -0.3 is 4.43 Å². The van der Waals surface area contributed by atoms with Crippen LogP contribution in [0.25, 0.3) is 0 Å². The number of hydrogen-bond donors (Lipinski definition) is 0. The zero-order valence-electron chi connectivity index (χ0n) is 17.1. The largest absolute Gasteiger partial charge is 0.416 e. The van der Waals surface area contributed by atoms with Crippen molar-refractivity contribution in [2.24, 2.45) is 0 Å². The van der Waals surface area contributed by atoms with E-state index in [4.69, 9.17) is 4.43 Å². The number of rotatable bonds is 10. The van der Waals surface area contributed by atoms with Gasteiger partial charge in [-0.3, -0.25) is 0 Å². The lowest BCUT2D eigenvalue weighted by Crippen LogP contribution is -2.48. The third-order valence-electron chi connectivity index (χ3n) is 5.51. The molecule has 1 nitrogen and oxygen atoms in total. The Balaban J connectivity index is 2.82. The van der Waals surface area contributed by atoms with Gasteiger partial charge in [0.1, 0.15) is 0 Å². The lowest BCUT2D eigenvalue weighted by molar-refractivity contribution is 0.272. The van der Waals surface area contributed by atoms with E-state index in [0.29, 0.717) is 16.6 Å². The fourth-order valence-corrected chi connectivity index (χ4v) is 11.1. The highest BCUT2D eigenvalue weighted by Crippen LogP contribution is 2.42. The summed E-state index contributed by atoms with van der Waals surface area (Å²) in [5.74, 6) is 0. The van der Waals surface area contributed by atoms with E-state index in [2.05, 4.69) is 92.5 Å². The summed E-state index contributed by atoms with van der Waals surface area (Å²) in [6.07, 6.45) is 3.27. The Labute approximate surface area is 173 Å². The van der Waals surface area contributed by atoms with Crippen molar-refractivity contribution in [3.05, 3.63) is 33.3 Å². The fourth-order valence-electron chi connectivity index (χ4n) is 4.46. The monoisotopic (exact) mass is 490 g/mol. The average Bonchev–Trinajstić information content (AvgIpc) is 2.53. The Kier molecular flexibility index (Phi) is 9.95. The van der Waals surface area contributed by atoms with Gasteiger partial charge in [-0.15, -0.1) is 0 Å². The van der Waals surface area contributed by atoms with Crippen molar-refractivity contribution < 1.29 is 4.43 Å². The molecule has 0 unspecified atom stereocenters. The van der Waals surface area contributed by atoms with Crippen LogP contribution in [-0.2, 0) is 22.6 Å². The molecule has 0 fully saturated rings. The van der Waals surface area contributed by atoms with Gasteiger partial charge in [-0.25, -0.2) is 0 Å². The van der Waals surface area contributed by atoms with Crippen molar-refractivity contribution in [3.63, 3.8) is 0 Å². The van der Waals surface area contributed by atoms with E-state index in [0.717, 1.165) is 31.2 Å². The van der Waals surface area contributed by atoms with Gasteiger partial charge in [-0.05, 0) is 58.6 Å². The smallest absolute Gasteiger partial charge is 0.200 e. The maximum Gasteiger partial charge on any atom is 0.200 e. The number of benzene rings is 1. The minimum absolute atomic E-state index is 0.657. The van der Waals surface area contributed by atoms with Crippen LogP contribution >= 0.6 is 31.9 Å². The maximum atomic E-state index is 6.71. The van der Waals surface area contributed by atoms with Crippen LogP contribution in [0.5, 0.6) is 0 Å². The molecule has 0 aliphatic rings. The van der Waals surface area contributed by atoms with E-state index >= 15 is 0 Å². The van der Waals surface area contributed by atoms with Crippen molar-refractivity contribution in [1.29, 1.82) is 0 Å². The third kappa shape index (κ3) is 5.67. The predicted molar refractivity (Wildman–Crippen MR) is 121 cm³/mol. The Morgan fingerprint density at radius 3 is 2.00 bits per heavy atom. The maximum absolute atomic E-state index is 6.71. The molecule has 25 heavy (non-hydrogen) atoms. The minimum atomic E-state index is -1.73. The summed E-state index contributed by atoms with van der Waals surface area (Å²) in [5.41, 5.74) is 6.24. The van der Waals surface area contributed by atoms with Gasteiger partial charge in [-0.2, -0.15) is 0 Å². The van der Waals surface area contributed by atoms with Crippen molar-refractivity contribution in [2.75, 3.05) is 6.61 Å². The Bertz CT molecular complexity index is 519. The van der Waals surface area contributed by atoms with E-state index in [1.807, 2.05) is 0 Å². The second kappa shape index (κ2) is 10.6. The fraction of sp³-hybridized carbons (Fsp3) is 0.714. The van der Waals surface area contributed by atoms with Crippen LogP contribution in [0.15, 0.2) is 16.6 Å². The molecular weight excluding hydrogens is 456 g/mol. The van der Waals surface area contributed by atoms with Gasteiger partial charge in [-0.1, -0.05) is 86.4 Å². The molecule has 0 aromatic heterocycles. The summed E-state index contributed by atoms with van der Waals surface area (Å²) < 4.78 is 7.96. The first-order valence-electron chi connectivity index (χ1n) is 9.70. The van der Waals surface area contributed by atoms with Crippen molar-refractivity contribution in [1.82, 2.24) is 0 Å². The van der Waals surface area contributed by atoms with E-state index in [1.54, 1.807) is 0 Å². The molecule has 0 amide bonds. The van der Waals surface area contributed by atoms with Crippen LogP contribution in [0, 0.1) is 0 Å². The Hall–Kier alpha value is 0.357. The van der Waals surface area contributed by atoms with E-state index < -0.39 is 8.32 Å². The number of hydrogen-bond acceptors (Lipinski definition) is 1. The molecular formula is C21H36Br2OSi. The minimum Gasteiger partial charge on any atom is -0.416 e. The topological polar surface area (TPSA) is 9.23 Å². The quantitative estimate of drug-likeness (QED) is 0.183. The van der Waals surface area contributed by atoms with Gasteiger partial charge >= 0.3 is 0 Å². The summed E-state index contributed by atoms with van der Waals surface area (Å²) in [7, 11) is -1.73. The van der Waals surface area contributed by atoms with Gasteiger partial charge in [0.15, 0.2) is 8.32 Å². The summed E-state index contributed by atoms with van der Waals surface area (Å²) >= 11 is 7.34. The highest BCUT2D eigenvalue weighted by atomic mass is 79.9. The molecule has 0 atom stereocenters. The lowest BCUT2D eigenvalue weighted by Gasteiger charge is -2.42. The highest BCUT2D eigenvalue weighted by molar-refractivity contribution is 9.10. The molecule has 0 heterocycles. The predicted octanol–water partition coefficient (Wildman–Crippen LogP) is 8.03. The molecule has 0 saturated carbocycles. The lowest BCUT2D eigenvalue weighted by atomic mass is 9.99. The molecule has 0 aliphatic carbocycles. The number of aryl methyl sites for hydroxylation is 1. The molecule has 0 aliphatic heterocycles. The first-order chi connectivity index (χ1) is 11.7. The van der Waals surface area contributed by atoms with E-state index in [1.165, 1.54) is 21.2 Å². The summed E-state index contributed by atoms with van der Waals surface area (Å²) in [5, 5.41) is 0.906. The normalized spacial score (nSPS) is 12.6. The summed E-state index contributed by atoms with van der Waals surface area (Å²) in [6.45, 7) is 17.3. The Morgan fingerprint density at radius 1 is 1.00 bits per heavy atom. The Morgan fingerprint density at radius 2 is 1.56 bits per heavy atom. The molecule has 0 bridgehead atoms. The molecule has 4 heteroatoms. The van der Waals surface area contributed by atoms with E-state index in [-0.39, 0.29) is 0 Å². The molecule has 1 aromatic rings. The summed E-state index contributed by atoms with van der Waals surface area (Å²) in [6, 6.07) is 4.60. The van der Waals surface area contributed by atoms with Crippen molar-refractivity contribution in [3.8, 4) is 0 Å². The van der Waals surface area contributed by atoms with Crippen LogP contribution in [0.1, 0.15) is 71.6 Å². The van der Waals surface area contributed by atoms with Gasteiger partial charge in [0.25, 0.3) is 0 Å². The van der Waals surface area contributed by atoms with E-state index in [9.17, 15) is 0 Å². The molecule has 1 rings (SSSR count). The molecule has 0 spiro atoms. The molecule has 0 radical (unpaired) electrons. The van der Waals surface area contributed by atoms with Gasteiger partial charge in [0.05, 0.1) is 0 Å². The van der Waals surface area contributed by atoms with Crippen molar-refractivity contribution in [2.45, 2.75) is 89.7 Å². The highest BCUT2D eigenvalue weighted by Gasteiger charge is 2.44. The van der Waals surface area contributed by atoms with Crippen LogP contribution in [-0.4, -0.2) is 14.9 Å². The SMILES string of the molecule is CCc1c(Br)cc(CBr)cc1CCCO[Si](C(C)C)(C(C)C)C(C)C. The molecule has 0 N–H and O–H groups in total. The number of alkyl halides is 1. The van der Waals surface area contributed by atoms with Crippen LogP contribution in [0.3, 0.4) is 0 Å². The standard InChI is InChI=1S/C21H36Br2OSi/c1-8-20-19(12-18(14-22)13-21(20)23)10-9-11-24-25(15(2)3,16(4)5)17(6)7/h12-13,15-17H,8-11,14H2,1-7H3. The first kappa shape index (κ1) is 23.4. The second-order valence-corrected chi connectivity index (χ2v) is 14.8. The number of halogens is 2. The zero-order valence-corrected chi connectivity index (χ0v) is 21.3. The third-order valence-corrected chi connectivity index (χ3v) is 13.0. The van der Waals surface area contributed by atoms with Gasteiger partial charge in [0, 0.05) is 16.4 Å². The molecule has 0 saturated heterocycles. The molecule has 1 aromatic carbocycles. The van der Waals surface area contributed by atoms with Crippen molar-refractivity contribution >= 4 is 40.2 Å².